The van der Waals surface area contributed by atoms with Gasteiger partial charge in [-0.05, 0) is 83.4 Å². The molecule has 0 amide bonds. The van der Waals surface area contributed by atoms with Gasteiger partial charge in [0.05, 0.1) is 6.61 Å². The number of ether oxygens (including phenoxy) is 1. The fourth-order valence-corrected chi connectivity index (χ4v) is 3.19. The highest BCUT2D eigenvalue weighted by atomic mass is 19.1. The van der Waals surface area contributed by atoms with Crippen LogP contribution in [-0.4, -0.2) is 13.7 Å². The molecule has 0 N–H and O–H groups in total. The summed E-state index contributed by atoms with van der Waals surface area (Å²) in [6, 6.07) is 26.7. The molecule has 1 nitrogen and oxygen atoms in total. The molecule has 0 aliphatic carbocycles. The summed E-state index contributed by atoms with van der Waals surface area (Å²) in [6.45, 7) is 0.723. The molecule has 0 radical (unpaired) electrons. The number of hydrogen-bond donors (Lipinski definition) is 0. The molecule has 2 heteroatoms. The van der Waals surface area contributed by atoms with Crippen LogP contribution in [0.25, 0.3) is 10.8 Å². The third kappa shape index (κ3) is 5.61. The van der Waals surface area contributed by atoms with Gasteiger partial charge in [-0.25, -0.2) is 4.39 Å². The van der Waals surface area contributed by atoms with Crippen molar-refractivity contribution in [3.63, 3.8) is 0 Å². The molecular formula is C29H21FO. The van der Waals surface area contributed by atoms with Gasteiger partial charge in [0.2, 0.25) is 0 Å². The number of rotatable bonds is 3. The number of fused-ring (bicyclic) bond motifs is 1. The Bertz CT molecular complexity index is 1310. The molecule has 0 unspecified atom stereocenters. The Morgan fingerprint density at radius 2 is 1.10 bits per heavy atom. The number of halogens is 1. The fourth-order valence-electron chi connectivity index (χ4n) is 3.19. The summed E-state index contributed by atoms with van der Waals surface area (Å²) in [7, 11) is 1.71. The lowest BCUT2D eigenvalue weighted by molar-refractivity contribution is 0.202. The Morgan fingerprint density at radius 3 is 1.71 bits per heavy atom. The topological polar surface area (TPSA) is 9.23 Å². The van der Waals surface area contributed by atoms with E-state index in [2.05, 4.69) is 35.8 Å². The van der Waals surface area contributed by atoms with Crippen molar-refractivity contribution in [3.05, 3.63) is 119 Å². The van der Waals surface area contributed by atoms with Gasteiger partial charge in [-0.1, -0.05) is 47.9 Å². The Balaban J connectivity index is 1.44. The number of methoxy groups -OCH3 is 1. The lowest BCUT2D eigenvalue weighted by Crippen LogP contribution is -1.93. The molecule has 0 atom stereocenters. The standard InChI is InChI=1S/C29H21FO/c1-31-19-18-25-10-8-23(9-11-25)3-2-22-4-6-24(7-5-22)12-13-26-14-15-28-21-29(30)17-16-27(28)20-26/h4-11,14-17,20-21H,18-19H2,1H3. The first-order valence-electron chi connectivity index (χ1n) is 10.1. The number of benzene rings is 4. The number of hydrogen-bond acceptors (Lipinski definition) is 1. The van der Waals surface area contributed by atoms with Gasteiger partial charge in [0.1, 0.15) is 5.82 Å². The summed E-state index contributed by atoms with van der Waals surface area (Å²) >= 11 is 0. The van der Waals surface area contributed by atoms with Gasteiger partial charge in [-0.2, -0.15) is 0 Å². The van der Waals surface area contributed by atoms with E-state index in [0.29, 0.717) is 0 Å². The van der Waals surface area contributed by atoms with E-state index < -0.39 is 0 Å². The first-order valence-corrected chi connectivity index (χ1v) is 10.1. The summed E-state index contributed by atoms with van der Waals surface area (Å²) in [5.74, 6) is 12.5. The molecule has 4 aromatic rings. The van der Waals surface area contributed by atoms with Crippen molar-refractivity contribution >= 4 is 10.8 Å². The minimum atomic E-state index is -0.228. The molecule has 150 valence electrons. The van der Waals surface area contributed by atoms with E-state index in [0.717, 1.165) is 46.1 Å². The van der Waals surface area contributed by atoms with Crippen molar-refractivity contribution < 1.29 is 9.13 Å². The summed E-state index contributed by atoms with van der Waals surface area (Å²) in [4.78, 5) is 0. The summed E-state index contributed by atoms with van der Waals surface area (Å²) in [5.41, 5.74) is 5.00. The minimum absolute atomic E-state index is 0.228. The van der Waals surface area contributed by atoms with Crippen LogP contribution in [0.2, 0.25) is 0 Å². The Hall–Kier alpha value is -3.85. The van der Waals surface area contributed by atoms with Crippen LogP contribution in [0.4, 0.5) is 4.39 Å². The summed E-state index contributed by atoms with van der Waals surface area (Å²) in [6.07, 6.45) is 0.907. The molecule has 0 saturated heterocycles. The Labute approximate surface area is 182 Å². The third-order valence-electron chi connectivity index (χ3n) is 4.94. The second kappa shape index (κ2) is 9.77. The molecule has 0 bridgehead atoms. The van der Waals surface area contributed by atoms with Crippen LogP contribution in [0.3, 0.4) is 0 Å². The lowest BCUT2D eigenvalue weighted by atomic mass is 10.1. The van der Waals surface area contributed by atoms with Crippen molar-refractivity contribution in [1.82, 2.24) is 0 Å². The van der Waals surface area contributed by atoms with Crippen molar-refractivity contribution in [2.24, 2.45) is 0 Å². The quantitative estimate of drug-likeness (QED) is 0.383. The maximum Gasteiger partial charge on any atom is 0.123 e. The summed E-state index contributed by atoms with van der Waals surface area (Å²) < 4.78 is 18.4. The van der Waals surface area contributed by atoms with Crippen molar-refractivity contribution in [3.8, 4) is 23.7 Å². The predicted molar refractivity (Wildman–Crippen MR) is 124 cm³/mol. The average molecular weight is 404 g/mol. The highest BCUT2D eigenvalue weighted by Gasteiger charge is 1.97. The molecular weight excluding hydrogens is 383 g/mol. The van der Waals surface area contributed by atoms with Crippen molar-refractivity contribution in [2.45, 2.75) is 6.42 Å². The highest BCUT2D eigenvalue weighted by Crippen LogP contribution is 2.17. The van der Waals surface area contributed by atoms with Crippen LogP contribution in [-0.2, 0) is 11.2 Å². The molecule has 0 heterocycles. The smallest absolute Gasteiger partial charge is 0.123 e. The van der Waals surface area contributed by atoms with Gasteiger partial charge in [-0.15, -0.1) is 0 Å². The Kier molecular flexibility index (Phi) is 6.44. The van der Waals surface area contributed by atoms with E-state index in [-0.39, 0.29) is 5.82 Å². The zero-order chi connectivity index (χ0) is 21.5. The van der Waals surface area contributed by atoms with Gasteiger partial charge < -0.3 is 4.74 Å². The van der Waals surface area contributed by atoms with Crippen LogP contribution in [0.1, 0.15) is 27.8 Å². The largest absolute Gasteiger partial charge is 0.384 e. The van der Waals surface area contributed by atoms with E-state index >= 15 is 0 Å². The van der Waals surface area contributed by atoms with Crippen LogP contribution >= 0.6 is 0 Å². The molecule has 4 rings (SSSR count). The van der Waals surface area contributed by atoms with E-state index in [9.17, 15) is 4.39 Å². The minimum Gasteiger partial charge on any atom is -0.384 e. The Morgan fingerprint density at radius 1 is 0.613 bits per heavy atom. The molecule has 0 aliphatic rings. The predicted octanol–water partition coefficient (Wildman–Crippen LogP) is 5.97. The molecule has 31 heavy (non-hydrogen) atoms. The second-order valence-corrected chi connectivity index (χ2v) is 7.22. The van der Waals surface area contributed by atoms with E-state index in [1.807, 2.05) is 54.6 Å². The van der Waals surface area contributed by atoms with Crippen LogP contribution < -0.4 is 0 Å². The van der Waals surface area contributed by atoms with Crippen LogP contribution in [0, 0.1) is 29.5 Å². The molecule has 0 saturated carbocycles. The molecule has 0 aliphatic heterocycles. The fraction of sp³-hybridized carbons (Fsp3) is 0.103. The van der Waals surface area contributed by atoms with E-state index in [1.54, 1.807) is 13.2 Å². The lowest BCUT2D eigenvalue weighted by Gasteiger charge is -1.99. The monoisotopic (exact) mass is 404 g/mol. The van der Waals surface area contributed by atoms with Crippen molar-refractivity contribution in [1.29, 1.82) is 0 Å². The summed E-state index contributed by atoms with van der Waals surface area (Å²) in [5, 5.41) is 1.85. The van der Waals surface area contributed by atoms with Crippen molar-refractivity contribution in [2.75, 3.05) is 13.7 Å². The molecule has 0 aromatic heterocycles. The molecule has 0 fully saturated rings. The van der Waals surface area contributed by atoms with Gasteiger partial charge in [-0.3, -0.25) is 0 Å². The van der Waals surface area contributed by atoms with Gasteiger partial charge in [0.25, 0.3) is 0 Å². The van der Waals surface area contributed by atoms with E-state index in [1.165, 1.54) is 17.7 Å². The zero-order valence-corrected chi connectivity index (χ0v) is 17.3. The molecule has 0 spiro atoms. The normalized spacial score (nSPS) is 10.1. The highest BCUT2D eigenvalue weighted by molar-refractivity contribution is 5.84. The zero-order valence-electron chi connectivity index (χ0n) is 17.3. The molecule has 4 aromatic carbocycles. The maximum atomic E-state index is 13.3. The second-order valence-electron chi connectivity index (χ2n) is 7.22. The van der Waals surface area contributed by atoms with Gasteiger partial charge in [0.15, 0.2) is 0 Å². The first kappa shape index (κ1) is 20.4. The SMILES string of the molecule is COCCc1ccc(C#Cc2ccc(C#Cc3ccc4cc(F)ccc4c3)cc2)cc1. The van der Waals surface area contributed by atoms with Gasteiger partial charge in [0, 0.05) is 29.4 Å². The maximum absolute atomic E-state index is 13.3. The van der Waals surface area contributed by atoms with Crippen LogP contribution in [0.15, 0.2) is 84.9 Å². The van der Waals surface area contributed by atoms with E-state index in [4.69, 9.17) is 4.74 Å². The van der Waals surface area contributed by atoms with Gasteiger partial charge >= 0.3 is 0 Å². The third-order valence-corrected chi connectivity index (χ3v) is 4.94. The average Bonchev–Trinajstić information content (AvgIpc) is 2.81. The van der Waals surface area contributed by atoms with Crippen LogP contribution in [0.5, 0.6) is 0 Å². The first-order chi connectivity index (χ1) is 15.2.